The molecule has 0 saturated heterocycles. The van der Waals surface area contributed by atoms with Gasteiger partial charge in [-0.05, 0) is 24.6 Å². The van der Waals surface area contributed by atoms with Crippen molar-refractivity contribution in [2.75, 3.05) is 5.32 Å². The molecule has 0 heterocycles. The molecule has 0 fully saturated rings. The number of benzene rings is 2. The predicted molar refractivity (Wildman–Crippen MR) is 80.9 cm³/mol. The van der Waals surface area contributed by atoms with Gasteiger partial charge >= 0.3 is 12.4 Å². The Kier molecular flexibility index (Phi) is 5.04. The molecule has 2 nitrogen and oxygen atoms in total. The fourth-order valence-corrected chi connectivity index (χ4v) is 2.37. The lowest BCUT2D eigenvalue weighted by atomic mass is 9.92. The molecule has 1 atom stereocenters. The minimum absolute atomic E-state index is 0.212. The van der Waals surface area contributed by atoms with E-state index in [9.17, 15) is 31.4 Å². The van der Waals surface area contributed by atoms with E-state index < -0.39 is 23.5 Å². The van der Waals surface area contributed by atoms with Gasteiger partial charge in [0.1, 0.15) is 0 Å². The zero-order valence-corrected chi connectivity index (χ0v) is 13.0. The van der Waals surface area contributed by atoms with Gasteiger partial charge in [0.25, 0.3) is 5.60 Å². The molecule has 0 radical (unpaired) electrons. The van der Waals surface area contributed by atoms with Gasteiger partial charge in [0.05, 0.1) is 0 Å². The summed E-state index contributed by atoms with van der Waals surface area (Å²) in [6, 6.07) is 12.2. The van der Waals surface area contributed by atoms with Crippen LogP contribution in [0.2, 0.25) is 0 Å². The zero-order chi connectivity index (χ0) is 18.9. The van der Waals surface area contributed by atoms with Crippen molar-refractivity contribution in [3.63, 3.8) is 0 Å². The molecule has 2 aromatic rings. The second kappa shape index (κ2) is 6.59. The number of alkyl halides is 6. The predicted octanol–water partition coefficient (Wildman–Crippen LogP) is 5.17. The van der Waals surface area contributed by atoms with Gasteiger partial charge in [-0.2, -0.15) is 26.3 Å². The summed E-state index contributed by atoms with van der Waals surface area (Å²) < 4.78 is 77.0. The van der Waals surface area contributed by atoms with E-state index in [1.807, 2.05) is 30.3 Å². The molecule has 0 spiro atoms. The molecule has 2 rings (SSSR count). The normalized spacial score (nSPS) is 14.2. The molecule has 2 N–H and O–H groups in total. The van der Waals surface area contributed by atoms with Gasteiger partial charge < -0.3 is 10.4 Å². The van der Waals surface area contributed by atoms with E-state index in [2.05, 4.69) is 5.32 Å². The zero-order valence-electron chi connectivity index (χ0n) is 13.0. The molecule has 0 aliphatic rings. The van der Waals surface area contributed by atoms with Crippen molar-refractivity contribution in [2.45, 2.75) is 30.9 Å². The highest BCUT2D eigenvalue weighted by molar-refractivity contribution is 5.48. The number of nitrogens with one attached hydrogen (secondary N) is 1. The second-order valence-corrected chi connectivity index (χ2v) is 5.56. The lowest BCUT2D eigenvalue weighted by molar-refractivity contribution is -0.376. The van der Waals surface area contributed by atoms with E-state index in [0.29, 0.717) is 17.8 Å². The van der Waals surface area contributed by atoms with Crippen LogP contribution in [0.4, 0.5) is 32.0 Å². The average Bonchev–Trinajstić information content (AvgIpc) is 2.53. The molecule has 0 aliphatic carbocycles. The largest absolute Gasteiger partial charge is 0.430 e. The molecule has 0 saturated carbocycles. The summed E-state index contributed by atoms with van der Waals surface area (Å²) in [7, 11) is 0. The maximum absolute atomic E-state index is 12.8. The van der Waals surface area contributed by atoms with Crippen molar-refractivity contribution >= 4 is 5.69 Å². The van der Waals surface area contributed by atoms with Crippen LogP contribution in [0.3, 0.4) is 0 Å². The van der Waals surface area contributed by atoms with Crippen molar-refractivity contribution < 1.29 is 31.4 Å². The van der Waals surface area contributed by atoms with Gasteiger partial charge in [-0.25, -0.2) is 0 Å². The quantitative estimate of drug-likeness (QED) is 0.735. The third-order valence-electron chi connectivity index (χ3n) is 3.81. The summed E-state index contributed by atoms with van der Waals surface area (Å²) in [5.41, 5.74) is -4.98. The van der Waals surface area contributed by atoms with Crippen molar-refractivity contribution in [3.05, 3.63) is 65.7 Å². The van der Waals surface area contributed by atoms with E-state index >= 15 is 0 Å². The Morgan fingerprint density at radius 1 is 0.800 bits per heavy atom. The molecule has 0 amide bonds. The van der Waals surface area contributed by atoms with Crippen LogP contribution in [0.5, 0.6) is 0 Å². The second-order valence-electron chi connectivity index (χ2n) is 5.56. The fourth-order valence-electron chi connectivity index (χ4n) is 2.37. The number of aliphatic hydroxyl groups is 1. The van der Waals surface area contributed by atoms with Crippen molar-refractivity contribution in [3.8, 4) is 0 Å². The Labute approximate surface area is 140 Å². The SMILES string of the molecule is CC(Nc1ccc(C(O)(C(F)(F)F)C(F)(F)F)cc1)c1ccccc1. The summed E-state index contributed by atoms with van der Waals surface area (Å²) in [5.74, 6) is 0. The van der Waals surface area contributed by atoms with E-state index in [0.717, 1.165) is 17.7 Å². The first kappa shape index (κ1) is 19.1. The Balaban J connectivity index is 2.27. The van der Waals surface area contributed by atoms with Crippen LogP contribution >= 0.6 is 0 Å². The van der Waals surface area contributed by atoms with Crippen LogP contribution in [0.1, 0.15) is 24.1 Å². The van der Waals surface area contributed by atoms with Gasteiger partial charge in [-0.1, -0.05) is 42.5 Å². The number of hydrogen-bond acceptors (Lipinski definition) is 2. The molecule has 136 valence electrons. The smallest absolute Gasteiger partial charge is 0.379 e. The molecular formula is C17H15F6NO. The van der Waals surface area contributed by atoms with Crippen LogP contribution in [-0.2, 0) is 5.60 Å². The van der Waals surface area contributed by atoms with E-state index in [1.165, 1.54) is 0 Å². The lowest BCUT2D eigenvalue weighted by Crippen LogP contribution is -2.53. The summed E-state index contributed by atoms with van der Waals surface area (Å²) in [4.78, 5) is 0. The Morgan fingerprint density at radius 3 is 1.72 bits per heavy atom. The number of anilines is 1. The van der Waals surface area contributed by atoms with E-state index in [4.69, 9.17) is 0 Å². The molecular weight excluding hydrogens is 348 g/mol. The van der Waals surface area contributed by atoms with Crippen LogP contribution < -0.4 is 5.32 Å². The number of halogens is 6. The van der Waals surface area contributed by atoms with Gasteiger partial charge in [0.15, 0.2) is 0 Å². The molecule has 8 heteroatoms. The summed E-state index contributed by atoms with van der Waals surface area (Å²) >= 11 is 0. The summed E-state index contributed by atoms with van der Waals surface area (Å²) in [6.07, 6.45) is -11.8. The van der Waals surface area contributed by atoms with Crippen LogP contribution in [0.15, 0.2) is 54.6 Å². The maximum Gasteiger partial charge on any atom is 0.430 e. The van der Waals surface area contributed by atoms with Crippen molar-refractivity contribution in [2.24, 2.45) is 0 Å². The molecule has 1 unspecified atom stereocenters. The molecule has 0 bridgehead atoms. The number of rotatable bonds is 4. The topological polar surface area (TPSA) is 32.3 Å². The summed E-state index contributed by atoms with van der Waals surface area (Å²) in [6.45, 7) is 1.80. The van der Waals surface area contributed by atoms with Gasteiger partial charge in [-0.15, -0.1) is 0 Å². The average molecular weight is 363 g/mol. The van der Waals surface area contributed by atoms with Crippen LogP contribution in [0, 0.1) is 0 Å². The third-order valence-corrected chi connectivity index (χ3v) is 3.81. The monoisotopic (exact) mass is 363 g/mol. The first-order valence-electron chi connectivity index (χ1n) is 7.24. The highest BCUT2D eigenvalue weighted by atomic mass is 19.4. The minimum Gasteiger partial charge on any atom is -0.379 e. The Hall–Kier alpha value is -2.22. The minimum atomic E-state index is -5.89. The van der Waals surface area contributed by atoms with Gasteiger partial charge in [0, 0.05) is 17.3 Å². The number of hydrogen-bond donors (Lipinski definition) is 2. The Bertz CT molecular complexity index is 680. The molecule has 0 aliphatic heterocycles. The van der Waals surface area contributed by atoms with Crippen LogP contribution in [-0.4, -0.2) is 17.5 Å². The fraction of sp³-hybridized carbons (Fsp3) is 0.294. The molecule has 0 aromatic heterocycles. The molecule has 2 aromatic carbocycles. The first-order valence-corrected chi connectivity index (χ1v) is 7.24. The van der Waals surface area contributed by atoms with Crippen molar-refractivity contribution in [1.29, 1.82) is 0 Å². The molecule has 25 heavy (non-hydrogen) atoms. The first-order chi connectivity index (χ1) is 11.5. The summed E-state index contributed by atoms with van der Waals surface area (Å²) in [5, 5.41) is 12.3. The standard InChI is InChI=1S/C17H15F6NO/c1-11(12-5-3-2-4-6-12)24-14-9-7-13(8-10-14)15(25,16(18,19)20)17(21,22)23/h2-11,24-25H,1H3. The van der Waals surface area contributed by atoms with Crippen LogP contribution in [0.25, 0.3) is 0 Å². The highest BCUT2D eigenvalue weighted by Crippen LogP contribution is 2.50. The highest BCUT2D eigenvalue weighted by Gasteiger charge is 2.71. The Morgan fingerprint density at radius 2 is 1.28 bits per heavy atom. The lowest BCUT2D eigenvalue weighted by Gasteiger charge is -2.32. The van der Waals surface area contributed by atoms with Gasteiger partial charge in [0.2, 0.25) is 0 Å². The van der Waals surface area contributed by atoms with E-state index in [1.54, 1.807) is 6.92 Å². The maximum atomic E-state index is 12.8. The van der Waals surface area contributed by atoms with Gasteiger partial charge in [-0.3, -0.25) is 0 Å². The third kappa shape index (κ3) is 3.73. The van der Waals surface area contributed by atoms with Crippen molar-refractivity contribution in [1.82, 2.24) is 0 Å². The van der Waals surface area contributed by atoms with E-state index in [-0.39, 0.29) is 6.04 Å².